The Hall–Kier alpha value is -3.60. The van der Waals surface area contributed by atoms with Crippen molar-refractivity contribution in [3.63, 3.8) is 0 Å². The molecule has 2 aromatic carbocycles. The molecule has 0 heterocycles. The molecular formula is C16H6N4. The SMILES string of the molecule is [C-]#[N+]c1ccc(-c2ccc(C#N)c(C#N)c2)cc1[N+]#[C-]. The van der Waals surface area contributed by atoms with Gasteiger partial charge in [0, 0.05) is 0 Å². The van der Waals surface area contributed by atoms with E-state index in [9.17, 15) is 0 Å². The standard InChI is InChI=1S/C16H6N4/c1-19-15-6-5-12(8-16(15)20-2)11-3-4-13(9-17)14(7-11)10-18/h3-8H. The lowest BCUT2D eigenvalue weighted by atomic mass is 9.99. The largest absolute Gasteiger partial charge is 0.250 e. The van der Waals surface area contributed by atoms with Gasteiger partial charge in [0.2, 0.25) is 0 Å². The minimum Gasteiger partial charge on any atom is -0.250 e. The minimum absolute atomic E-state index is 0.278. The first kappa shape index (κ1) is 12.8. The molecule has 0 atom stereocenters. The summed E-state index contributed by atoms with van der Waals surface area (Å²) in [6, 6.07) is 13.8. The maximum Gasteiger partial charge on any atom is 0.195 e. The van der Waals surface area contributed by atoms with Gasteiger partial charge in [-0.3, -0.25) is 9.69 Å². The van der Waals surface area contributed by atoms with Gasteiger partial charge in [-0.15, -0.1) is 0 Å². The molecule has 4 nitrogen and oxygen atoms in total. The third-order valence-corrected chi connectivity index (χ3v) is 2.81. The van der Waals surface area contributed by atoms with Gasteiger partial charge >= 0.3 is 0 Å². The highest BCUT2D eigenvalue weighted by atomic mass is 14.7. The lowest BCUT2D eigenvalue weighted by molar-refractivity contribution is 1.43. The molecule has 0 saturated heterocycles. The fraction of sp³-hybridized carbons (Fsp3) is 0. The predicted octanol–water partition coefficient (Wildman–Crippen LogP) is 4.20. The quantitative estimate of drug-likeness (QED) is 0.716. The zero-order chi connectivity index (χ0) is 14.5. The van der Waals surface area contributed by atoms with E-state index in [-0.39, 0.29) is 5.69 Å². The van der Waals surface area contributed by atoms with E-state index < -0.39 is 0 Å². The summed E-state index contributed by atoms with van der Waals surface area (Å²) in [4.78, 5) is 6.60. The van der Waals surface area contributed by atoms with Crippen LogP contribution in [0.5, 0.6) is 0 Å². The maximum atomic E-state index is 9.01. The molecule has 2 rings (SSSR count). The van der Waals surface area contributed by atoms with Gasteiger partial charge in [-0.25, -0.2) is 0 Å². The molecule has 0 aromatic heterocycles. The zero-order valence-corrected chi connectivity index (χ0v) is 10.3. The summed E-state index contributed by atoms with van der Waals surface area (Å²) in [5.41, 5.74) is 2.67. The summed E-state index contributed by atoms with van der Waals surface area (Å²) in [6.07, 6.45) is 0. The van der Waals surface area contributed by atoms with Gasteiger partial charge in [0.1, 0.15) is 12.1 Å². The minimum atomic E-state index is 0.278. The summed E-state index contributed by atoms with van der Waals surface area (Å²) in [5, 5.41) is 17.9. The van der Waals surface area contributed by atoms with E-state index >= 15 is 0 Å². The molecule has 0 saturated carbocycles. The van der Waals surface area contributed by atoms with Gasteiger partial charge in [0.15, 0.2) is 11.4 Å². The summed E-state index contributed by atoms with van der Waals surface area (Å²) >= 11 is 0. The lowest BCUT2D eigenvalue weighted by Gasteiger charge is -2.05. The predicted molar refractivity (Wildman–Crippen MR) is 73.8 cm³/mol. The topological polar surface area (TPSA) is 56.3 Å². The zero-order valence-electron chi connectivity index (χ0n) is 10.3. The summed E-state index contributed by atoms with van der Waals surface area (Å²) in [6.45, 7) is 14.1. The van der Waals surface area contributed by atoms with Crippen LogP contribution in [0, 0.1) is 35.8 Å². The maximum absolute atomic E-state index is 9.01. The Morgan fingerprint density at radius 1 is 0.750 bits per heavy atom. The van der Waals surface area contributed by atoms with E-state index in [0.29, 0.717) is 16.8 Å². The second-order valence-corrected chi connectivity index (χ2v) is 3.91. The molecule has 0 aliphatic carbocycles. The normalized spacial score (nSPS) is 8.80. The van der Waals surface area contributed by atoms with Crippen molar-refractivity contribution in [3.05, 3.63) is 70.4 Å². The van der Waals surface area contributed by atoms with E-state index in [1.807, 2.05) is 12.1 Å². The Bertz CT molecular complexity index is 779. The van der Waals surface area contributed by atoms with Crippen LogP contribution in [0.3, 0.4) is 0 Å². The van der Waals surface area contributed by atoms with Crippen molar-refractivity contribution in [1.82, 2.24) is 0 Å². The number of hydrogen-bond donors (Lipinski definition) is 0. The molecule has 0 amide bonds. The fourth-order valence-electron chi connectivity index (χ4n) is 1.80. The first-order valence-corrected chi connectivity index (χ1v) is 5.57. The Morgan fingerprint density at radius 2 is 1.35 bits per heavy atom. The molecular weight excluding hydrogens is 248 g/mol. The van der Waals surface area contributed by atoms with Crippen LogP contribution in [0.1, 0.15) is 11.1 Å². The van der Waals surface area contributed by atoms with Crippen molar-refractivity contribution in [2.24, 2.45) is 0 Å². The van der Waals surface area contributed by atoms with Crippen LogP contribution >= 0.6 is 0 Å². The number of nitrogens with zero attached hydrogens (tertiary/aromatic N) is 4. The number of hydrogen-bond acceptors (Lipinski definition) is 2. The first-order valence-electron chi connectivity index (χ1n) is 5.57. The highest BCUT2D eigenvalue weighted by Gasteiger charge is 2.08. The van der Waals surface area contributed by atoms with Crippen LogP contribution in [0.2, 0.25) is 0 Å². The van der Waals surface area contributed by atoms with Crippen molar-refractivity contribution in [2.75, 3.05) is 0 Å². The summed E-state index contributed by atoms with van der Waals surface area (Å²) in [5.74, 6) is 0. The number of nitriles is 2. The average Bonchev–Trinajstić information content (AvgIpc) is 2.53. The van der Waals surface area contributed by atoms with Crippen LogP contribution in [-0.2, 0) is 0 Å². The highest BCUT2D eigenvalue weighted by Crippen LogP contribution is 2.33. The molecule has 0 spiro atoms. The van der Waals surface area contributed by atoms with Crippen molar-refractivity contribution in [1.29, 1.82) is 10.5 Å². The molecule has 2 aromatic rings. The molecule has 0 radical (unpaired) electrons. The average molecular weight is 254 g/mol. The van der Waals surface area contributed by atoms with E-state index in [2.05, 4.69) is 9.69 Å². The van der Waals surface area contributed by atoms with Crippen LogP contribution in [0.15, 0.2) is 36.4 Å². The smallest absolute Gasteiger partial charge is 0.195 e. The third kappa shape index (κ3) is 2.19. The molecule has 0 bridgehead atoms. The molecule has 20 heavy (non-hydrogen) atoms. The number of rotatable bonds is 1. The van der Waals surface area contributed by atoms with Crippen molar-refractivity contribution < 1.29 is 0 Å². The van der Waals surface area contributed by atoms with Crippen molar-refractivity contribution in [2.45, 2.75) is 0 Å². The van der Waals surface area contributed by atoms with E-state index in [0.717, 1.165) is 11.1 Å². The van der Waals surface area contributed by atoms with Crippen LogP contribution in [0.4, 0.5) is 11.4 Å². The lowest BCUT2D eigenvalue weighted by Crippen LogP contribution is -1.85. The van der Waals surface area contributed by atoms with Gasteiger partial charge in [0.05, 0.1) is 24.3 Å². The van der Waals surface area contributed by atoms with Gasteiger partial charge in [-0.1, -0.05) is 24.3 Å². The second-order valence-electron chi connectivity index (χ2n) is 3.91. The van der Waals surface area contributed by atoms with E-state index in [1.165, 1.54) is 0 Å². The van der Waals surface area contributed by atoms with Crippen LogP contribution in [0.25, 0.3) is 20.8 Å². The molecule has 90 valence electrons. The van der Waals surface area contributed by atoms with Gasteiger partial charge < -0.3 is 0 Å². The van der Waals surface area contributed by atoms with Gasteiger partial charge in [-0.05, 0) is 23.3 Å². The number of benzene rings is 2. The Kier molecular flexibility index (Phi) is 3.45. The van der Waals surface area contributed by atoms with Gasteiger partial charge in [-0.2, -0.15) is 10.5 Å². The highest BCUT2D eigenvalue weighted by molar-refractivity contribution is 5.79. The Labute approximate surface area is 116 Å². The van der Waals surface area contributed by atoms with Gasteiger partial charge in [0.25, 0.3) is 0 Å². The monoisotopic (exact) mass is 254 g/mol. The summed E-state index contributed by atoms with van der Waals surface area (Å²) in [7, 11) is 0. The molecule has 0 N–H and O–H groups in total. The van der Waals surface area contributed by atoms with Crippen molar-refractivity contribution in [3.8, 4) is 23.3 Å². The Balaban J connectivity index is 2.60. The molecule has 0 aliphatic heterocycles. The molecule has 4 heteroatoms. The third-order valence-electron chi connectivity index (χ3n) is 2.81. The van der Waals surface area contributed by atoms with E-state index in [1.54, 1.807) is 36.4 Å². The van der Waals surface area contributed by atoms with Crippen molar-refractivity contribution >= 4 is 11.4 Å². The second kappa shape index (κ2) is 5.36. The molecule has 0 aliphatic rings. The van der Waals surface area contributed by atoms with Crippen LogP contribution in [-0.4, -0.2) is 0 Å². The first-order chi connectivity index (χ1) is 9.73. The molecule has 0 fully saturated rings. The Morgan fingerprint density at radius 3 is 1.95 bits per heavy atom. The fourth-order valence-corrected chi connectivity index (χ4v) is 1.80. The van der Waals surface area contributed by atoms with E-state index in [4.69, 9.17) is 23.7 Å². The summed E-state index contributed by atoms with van der Waals surface area (Å²) < 4.78 is 0. The van der Waals surface area contributed by atoms with Crippen LogP contribution < -0.4 is 0 Å². The molecule has 0 unspecified atom stereocenters.